The van der Waals surface area contributed by atoms with E-state index in [9.17, 15) is 4.79 Å². The monoisotopic (exact) mass is 258 g/mol. The van der Waals surface area contributed by atoms with Crippen LogP contribution in [0.3, 0.4) is 0 Å². The molecule has 100 valence electrons. The highest BCUT2D eigenvalue weighted by Gasteiger charge is 2.06. The highest BCUT2D eigenvalue weighted by atomic mass is 16.1. The number of aryl methyl sites for hydroxylation is 1. The first-order valence-corrected chi connectivity index (χ1v) is 6.27. The Kier molecular flexibility index (Phi) is 3.97. The van der Waals surface area contributed by atoms with Crippen LogP contribution in [0.15, 0.2) is 30.3 Å². The highest BCUT2D eigenvalue weighted by molar-refractivity contribution is 5.90. The van der Waals surface area contributed by atoms with Crippen molar-refractivity contribution in [1.82, 2.24) is 9.78 Å². The van der Waals surface area contributed by atoms with Crippen molar-refractivity contribution in [1.29, 1.82) is 0 Å². The Balaban J connectivity index is 2.19. The second-order valence-corrected chi connectivity index (χ2v) is 4.33. The number of hydrogen-bond donors (Lipinski definition) is 2. The third-order valence-electron chi connectivity index (χ3n) is 2.97. The molecule has 0 aliphatic carbocycles. The second-order valence-electron chi connectivity index (χ2n) is 4.33. The third-order valence-corrected chi connectivity index (χ3v) is 2.97. The molecule has 0 atom stereocenters. The van der Waals surface area contributed by atoms with Crippen LogP contribution in [-0.2, 0) is 18.4 Å². The van der Waals surface area contributed by atoms with Crippen LogP contribution in [0.2, 0.25) is 0 Å². The van der Waals surface area contributed by atoms with E-state index in [1.54, 1.807) is 4.68 Å². The van der Waals surface area contributed by atoms with Crippen molar-refractivity contribution in [3.63, 3.8) is 0 Å². The van der Waals surface area contributed by atoms with Gasteiger partial charge in [-0.05, 0) is 18.2 Å². The fraction of sp³-hybridized carbons (Fsp3) is 0.286. The zero-order valence-corrected chi connectivity index (χ0v) is 11.2. The predicted octanol–water partition coefficient (Wildman–Crippen LogP) is 1.89. The smallest absolute Gasteiger partial charge is 0.224 e. The van der Waals surface area contributed by atoms with E-state index in [4.69, 9.17) is 5.73 Å². The Labute approximate surface area is 112 Å². The van der Waals surface area contributed by atoms with Gasteiger partial charge >= 0.3 is 0 Å². The van der Waals surface area contributed by atoms with Crippen molar-refractivity contribution >= 4 is 11.6 Å². The van der Waals surface area contributed by atoms with Crippen LogP contribution in [0, 0.1) is 0 Å². The topological polar surface area (TPSA) is 72.9 Å². The Bertz CT molecular complexity index is 572. The number of benzene rings is 1. The molecule has 0 saturated carbocycles. The zero-order valence-electron chi connectivity index (χ0n) is 11.2. The Hall–Kier alpha value is -2.14. The molecule has 3 N–H and O–H groups in total. The summed E-state index contributed by atoms with van der Waals surface area (Å²) >= 11 is 0. The SMILES string of the molecule is CCC(=O)Nc1ccc(-c2cc(CN)n(C)n2)cc1. The molecule has 1 aromatic heterocycles. The van der Waals surface area contributed by atoms with Gasteiger partial charge in [0.15, 0.2) is 0 Å². The maximum atomic E-state index is 11.3. The van der Waals surface area contributed by atoms with E-state index in [0.717, 1.165) is 22.6 Å². The van der Waals surface area contributed by atoms with E-state index in [0.29, 0.717) is 13.0 Å². The molecule has 1 aromatic carbocycles. The van der Waals surface area contributed by atoms with E-state index in [1.807, 2.05) is 44.3 Å². The maximum absolute atomic E-state index is 11.3. The van der Waals surface area contributed by atoms with Gasteiger partial charge in [0.2, 0.25) is 5.91 Å². The highest BCUT2D eigenvalue weighted by Crippen LogP contribution is 2.21. The third kappa shape index (κ3) is 3.00. The average Bonchev–Trinajstić information content (AvgIpc) is 2.80. The number of anilines is 1. The molecular formula is C14H18N4O. The lowest BCUT2D eigenvalue weighted by Gasteiger charge is -2.04. The maximum Gasteiger partial charge on any atom is 0.224 e. The molecule has 1 amide bonds. The number of nitrogens with two attached hydrogens (primary N) is 1. The number of nitrogens with zero attached hydrogens (tertiary/aromatic N) is 2. The number of hydrogen-bond acceptors (Lipinski definition) is 3. The van der Waals surface area contributed by atoms with Gasteiger partial charge < -0.3 is 11.1 Å². The lowest BCUT2D eigenvalue weighted by atomic mass is 10.1. The minimum absolute atomic E-state index is 0.0102. The van der Waals surface area contributed by atoms with Crippen molar-refractivity contribution in [2.24, 2.45) is 12.8 Å². The van der Waals surface area contributed by atoms with E-state index in [2.05, 4.69) is 10.4 Å². The molecule has 0 spiro atoms. The van der Waals surface area contributed by atoms with Crippen LogP contribution in [0.5, 0.6) is 0 Å². The molecule has 0 fully saturated rings. The summed E-state index contributed by atoms with van der Waals surface area (Å²) in [7, 11) is 1.88. The Morgan fingerprint density at radius 1 is 1.37 bits per heavy atom. The molecule has 2 aromatic rings. The zero-order chi connectivity index (χ0) is 13.8. The summed E-state index contributed by atoms with van der Waals surface area (Å²) in [4.78, 5) is 11.3. The molecule has 0 radical (unpaired) electrons. The number of amides is 1. The summed E-state index contributed by atoms with van der Waals surface area (Å²) in [5.41, 5.74) is 9.30. The molecule has 1 heterocycles. The minimum atomic E-state index is 0.0102. The van der Waals surface area contributed by atoms with Gasteiger partial charge in [0, 0.05) is 31.3 Å². The average molecular weight is 258 g/mol. The predicted molar refractivity (Wildman–Crippen MR) is 75.5 cm³/mol. The summed E-state index contributed by atoms with van der Waals surface area (Å²) in [6.07, 6.45) is 0.474. The molecule has 19 heavy (non-hydrogen) atoms. The van der Waals surface area contributed by atoms with Crippen molar-refractivity contribution in [2.45, 2.75) is 19.9 Å². The largest absolute Gasteiger partial charge is 0.326 e. The molecular weight excluding hydrogens is 240 g/mol. The van der Waals surface area contributed by atoms with Gasteiger partial charge in [-0.3, -0.25) is 9.48 Å². The van der Waals surface area contributed by atoms with Crippen LogP contribution in [0.4, 0.5) is 5.69 Å². The van der Waals surface area contributed by atoms with Crippen LogP contribution in [0.1, 0.15) is 19.0 Å². The first-order valence-electron chi connectivity index (χ1n) is 6.27. The summed E-state index contributed by atoms with van der Waals surface area (Å²) in [5, 5.41) is 7.22. The number of rotatable bonds is 4. The lowest BCUT2D eigenvalue weighted by Crippen LogP contribution is -2.08. The molecule has 5 heteroatoms. The number of carbonyl (C=O) groups excluding carboxylic acids is 1. The minimum Gasteiger partial charge on any atom is -0.326 e. The fourth-order valence-electron chi connectivity index (χ4n) is 1.81. The number of aromatic nitrogens is 2. The van der Waals surface area contributed by atoms with Crippen LogP contribution in [0.25, 0.3) is 11.3 Å². The quantitative estimate of drug-likeness (QED) is 0.879. The Morgan fingerprint density at radius 3 is 2.58 bits per heavy atom. The normalized spacial score (nSPS) is 10.5. The summed E-state index contributed by atoms with van der Waals surface area (Å²) < 4.78 is 1.78. The van der Waals surface area contributed by atoms with Crippen molar-refractivity contribution in [2.75, 3.05) is 5.32 Å². The van der Waals surface area contributed by atoms with Crippen molar-refractivity contribution in [3.8, 4) is 11.3 Å². The standard InChI is InChI=1S/C14H18N4O/c1-3-14(19)16-11-6-4-10(5-7-11)13-8-12(9-15)18(2)17-13/h4-8H,3,9,15H2,1-2H3,(H,16,19). The van der Waals surface area contributed by atoms with Crippen LogP contribution >= 0.6 is 0 Å². The fourth-order valence-corrected chi connectivity index (χ4v) is 1.81. The molecule has 0 saturated heterocycles. The van der Waals surface area contributed by atoms with Gasteiger partial charge in [-0.25, -0.2) is 0 Å². The van der Waals surface area contributed by atoms with E-state index in [-0.39, 0.29) is 5.91 Å². The van der Waals surface area contributed by atoms with E-state index in [1.165, 1.54) is 0 Å². The van der Waals surface area contributed by atoms with Gasteiger partial charge in [-0.2, -0.15) is 5.10 Å². The lowest BCUT2D eigenvalue weighted by molar-refractivity contribution is -0.115. The first kappa shape index (κ1) is 13.3. The number of carbonyl (C=O) groups is 1. The molecule has 0 aliphatic heterocycles. The first-order chi connectivity index (χ1) is 9.13. The molecule has 2 rings (SSSR count). The molecule has 0 aliphatic rings. The summed E-state index contributed by atoms with van der Waals surface area (Å²) in [6.45, 7) is 2.29. The summed E-state index contributed by atoms with van der Waals surface area (Å²) in [6, 6.07) is 9.60. The molecule has 0 unspecified atom stereocenters. The molecule has 0 bridgehead atoms. The van der Waals surface area contributed by atoms with Gasteiger partial charge in [0.1, 0.15) is 0 Å². The number of nitrogens with one attached hydrogen (secondary N) is 1. The Morgan fingerprint density at radius 2 is 2.05 bits per heavy atom. The molecule has 5 nitrogen and oxygen atoms in total. The van der Waals surface area contributed by atoms with Gasteiger partial charge in [0.25, 0.3) is 0 Å². The van der Waals surface area contributed by atoms with Crippen molar-refractivity contribution in [3.05, 3.63) is 36.0 Å². The van der Waals surface area contributed by atoms with Gasteiger partial charge in [0.05, 0.1) is 11.4 Å². The van der Waals surface area contributed by atoms with Crippen LogP contribution < -0.4 is 11.1 Å². The van der Waals surface area contributed by atoms with Gasteiger partial charge in [-0.1, -0.05) is 19.1 Å². The van der Waals surface area contributed by atoms with E-state index < -0.39 is 0 Å². The van der Waals surface area contributed by atoms with Gasteiger partial charge in [-0.15, -0.1) is 0 Å². The summed E-state index contributed by atoms with van der Waals surface area (Å²) in [5.74, 6) is 0.0102. The van der Waals surface area contributed by atoms with Crippen molar-refractivity contribution < 1.29 is 4.79 Å². The second kappa shape index (κ2) is 5.67. The van der Waals surface area contributed by atoms with Crippen LogP contribution in [-0.4, -0.2) is 15.7 Å². The van der Waals surface area contributed by atoms with E-state index >= 15 is 0 Å².